The van der Waals surface area contributed by atoms with Gasteiger partial charge in [-0.25, -0.2) is 8.42 Å². The fourth-order valence-corrected chi connectivity index (χ4v) is 2.09. The Morgan fingerprint density at radius 1 is 1.50 bits per heavy atom. The predicted molar refractivity (Wildman–Crippen MR) is 47.9 cm³/mol. The van der Waals surface area contributed by atoms with Gasteiger partial charge in [-0.05, 0) is 0 Å². The highest BCUT2D eigenvalue weighted by Crippen LogP contribution is 2.07. The topological polar surface area (TPSA) is 81.7 Å². The minimum Gasteiger partial charge on any atom is -0.375 e. The molecule has 1 atom stereocenters. The minimum absolute atomic E-state index is 0.0354. The number of hydrogen-bond donors (Lipinski definition) is 1. The zero-order valence-corrected chi connectivity index (χ0v) is 8.67. The average Bonchev–Trinajstić information content (AvgIpc) is 2.18. The number of carbonyl (C=O) groups is 1. The van der Waals surface area contributed by atoms with Crippen LogP contribution in [-0.4, -0.2) is 39.6 Å². The van der Waals surface area contributed by atoms with Crippen LogP contribution in [0.2, 0.25) is 0 Å². The summed E-state index contributed by atoms with van der Waals surface area (Å²) in [6.07, 6.45) is 0.118. The number of amides is 1. The van der Waals surface area contributed by atoms with E-state index in [1.165, 1.54) is 0 Å². The fraction of sp³-hybridized carbons (Fsp3) is 0.857. The normalized spacial score (nSPS) is 23.1. The van der Waals surface area contributed by atoms with Crippen LogP contribution in [-0.2, 0) is 24.3 Å². The van der Waals surface area contributed by atoms with Gasteiger partial charge in [0.05, 0.1) is 19.8 Å². The summed E-state index contributed by atoms with van der Waals surface area (Å²) in [5.41, 5.74) is -1.08. The molecule has 0 saturated carbocycles. The number of hydrogen-bond acceptors (Lipinski definition) is 5. The Morgan fingerprint density at radius 3 is 2.71 bits per heavy atom. The van der Waals surface area contributed by atoms with E-state index in [9.17, 15) is 13.2 Å². The molecule has 82 valence electrons. The predicted octanol–water partition coefficient (Wildman–Crippen LogP) is -0.785. The Labute approximate surface area is 82.6 Å². The largest absolute Gasteiger partial charge is 0.375 e. The van der Waals surface area contributed by atoms with Crippen molar-refractivity contribution >= 4 is 15.9 Å². The maximum absolute atomic E-state index is 11.4. The lowest BCUT2D eigenvalue weighted by molar-refractivity contribution is -0.119. The van der Waals surface area contributed by atoms with Gasteiger partial charge >= 0.3 is 0 Å². The van der Waals surface area contributed by atoms with Crippen LogP contribution < -0.4 is 4.72 Å². The maximum Gasteiger partial charge on any atom is 0.264 e. The Hall–Kier alpha value is -0.660. The second-order valence-electron chi connectivity index (χ2n) is 2.80. The Balaban J connectivity index is 2.59. The summed E-state index contributed by atoms with van der Waals surface area (Å²) in [7, 11) is -3.74. The lowest BCUT2D eigenvalue weighted by atomic mass is 10.5. The van der Waals surface area contributed by atoms with Crippen LogP contribution >= 0.6 is 0 Å². The van der Waals surface area contributed by atoms with Crippen LogP contribution in [0.4, 0.5) is 0 Å². The lowest BCUT2D eigenvalue weighted by Crippen LogP contribution is -2.44. The highest BCUT2D eigenvalue weighted by Gasteiger charge is 2.29. The molecule has 1 saturated heterocycles. The third-order valence-electron chi connectivity index (χ3n) is 1.71. The summed E-state index contributed by atoms with van der Waals surface area (Å²) >= 11 is 0. The van der Waals surface area contributed by atoms with Crippen LogP contribution in [0.15, 0.2) is 0 Å². The molecule has 0 aliphatic carbocycles. The second-order valence-corrected chi connectivity index (χ2v) is 4.62. The van der Waals surface area contributed by atoms with Crippen LogP contribution in [0.3, 0.4) is 0 Å². The van der Waals surface area contributed by atoms with E-state index < -0.39 is 21.4 Å². The molecule has 7 heteroatoms. The molecule has 1 rings (SSSR count). The molecule has 1 N–H and O–H groups in total. The molecule has 1 amide bonds. The summed E-state index contributed by atoms with van der Waals surface area (Å²) in [6.45, 7) is 2.15. The van der Waals surface area contributed by atoms with Gasteiger partial charge < -0.3 is 9.47 Å². The van der Waals surface area contributed by atoms with Crippen LogP contribution in [0.5, 0.6) is 0 Å². The molecule has 1 aliphatic rings. The van der Waals surface area contributed by atoms with Crippen molar-refractivity contribution in [1.29, 1.82) is 0 Å². The summed E-state index contributed by atoms with van der Waals surface area (Å²) in [6, 6.07) is 0. The van der Waals surface area contributed by atoms with Gasteiger partial charge in [-0.2, -0.15) is 0 Å². The second kappa shape index (κ2) is 4.72. The van der Waals surface area contributed by atoms with Crippen LogP contribution in [0.25, 0.3) is 0 Å². The molecule has 1 fully saturated rings. The Morgan fingerprint density at radius 2 is 2.21 bits per heavy atom. The summed E-state index contributed by atoms with van der Waals surface area (Å²) < 4.78 is 34.6. The standard InChI is InChI=1S/C7H13NO5S/c1-2-6(9)8-14(10,11)7-5-12-3-4-13-7/h7H,2-5H2,1H3,(H,8,9). The molecule has 0 bridgehead atoms. The molecule has 1 aliphatic heterocycles. The summed E-state index contributed by atoms with van der Waals surface area (Å²) in [5, 5.41) is 0. The number of carbonyl (C=O) groups excluding carboxylic acids is 1. The first kappa shape index (κ1) is 11.4. The summed E-state index contributed by atoms with van der Waals surface area (Å²) in [5.74, 6) is -0.542. The van der Waals surface area contributed by atoms with Gasteiger partial charge in [0.25, 0.3) is 10.0 Å². The number of ether oxygens (including phenoxy) is 2. The molecule has 0 aromatic rings. The van der Waals surface area contributed by atoms with Crippen molar-refractivity contribution in [2.24, 2.45) is 0 Å². The molecular weight excluding hydrogens is 210 g/mol. The Kier molecular flexibility index (Phi) is 3.85. The highest BCUT2D eigenvalue weighted by molar-refractivity contribution is 7.90. The van der Waals surface area contributed by atoms with Crippen molar-refractivity contribution in [2.45, 2.75) is 18.8 Å². The molecule has 0 aromatic carbocycles. The first-order valence-electron chi connectivity index (χ1n) is 4.30. The number of nitrogens with one attached hydrogen (secondary N) is 1. The molecule has 0 radical (unpaired) electrons. The zero-order chi connectivity index (χ0) is 10.6. The number of rotatable bonds is 3. The molecular formula is C7H13NO5S. The molecule has 1 heterocycles. The van der Waals surface area contributed by atoms with Crippen molar-refractivity contribution in [2.75, 3.05) is 19.8 Å². The van der Waals surface area contributed by atoms with Crippen molar-refractivity contribution in [1.82, 2.24) is 4.72 Å². The van der Waals surface area contributed by atoms with Crippen LogP contribution in [0.1, 0.15) is 13.3 Å². The zero-order valence-electron chi connectivity index (χ0n) is 7.86. The van der Waals surface area contributed by atoms with Crippen LogP contribution in [0, 0.1) is 0 Å². The van der Waals surface area contributed by atoms with Crippen molar-refractivity contribution < 1.29 is 22.7 Å². The maximum atomic E-state index is 11.4. The van der Waals surface area contributed by atoms with E-state index in [1.54, 1.807) is 6.92 Å². The third kappa shape index (κ3) is 2.93. The molecule has 14 heavy (non-hydrogen) atoms. The molecule has 6 nitrogen and oxygen atoms in total. The van der Waals surface area contributed by atoms with Gasteiger partial charge in [-0.1, -0.05) is 6.92 Å². The van der Waals surface area contributed by atoms with Gasteiger partial charge in [0.1, 0.15) is 0 Å². The molecule has 1 unspecified atom stereocenters. The highest BCUT2D eigenvalue weighted by atomic mass is 32.2. The minimum atomic E-state index is -3.74. The summed E-state index contributed by atoms with van der Waals surface area (Å²) in [4.78, 5) is 10.9. The SMILES string of the molecule is CCC(=O)NS(=O)(=O)C1COCCO1. The quantitative estimate of drug-likeness (QED) is 0.678. The van der Waals surface area contributed by atoms with Gasteiger partial charge in [0.2, 0.25) is 11.3 Å². The van der Waals surface area contributed by atoms with Gasteiger partial charge in [0.15, 0.2) is 0 Å². The van der Waals surface area contributed by atoms with E-state index >= 15 is 0 Å². The van der Waals surface area contributed by atoms with E-state index in [2.05, 4.69) is 0 Å². The van der Waals surface area contributed by atoms with E-state index in [4.69, 9.17) is 9.47 Å². The van der Waals surface area contributed by atoms with Crippen molar-refractivity contribution in [3.05, 3.63) is 0 Å². The molecule has 0 aromatic heterocycles. The molecule has 0 spiro atoms. The van der Waals surface area contributed by atoms with Gasteiger partial charge in [-0.3, -0.25) is 9.52 Å². The average molecular weight is 223 g/mol. The third-order valence-corrected chi connectivity index (χ3v) is 3.19. The monoisotopic (exact) mass is 223 g/mol. The van der Waals surface area contributed by atoms with E-state index in [-0.39, 0.29) is 19.6 Å². The van der Waals surface area contributed by atoms with Crippen molar-refractivity contribution in [3.63, 3.8) is 0 Å². The fourth-order valence-electron chi connectivity index (χ4n) is 0.942. The lowest BCUT2D eigenvalue weighted by Gasteiger charge is -2.22. The van der Waals surface area contributed by atoms with E-state index in [0.29, 0.717) is 6.61 Å². The van der Waals surface area contributed by atoms with E-state index in [1.807, 2.05) is 4.72 Å². The van der Waals surface area contributed by atoms with Crippen molar-refractivity contribution in [3.8, 4) is 0 Å². The smallest absolute Gasteiger partial charge is 0.264 e. The Bertz CT molecular complexity index is 293. The van der Waals surface area contributed by atoms with E-state index in [0.717, 1.165) is 0 Å². The van der Waals surface area contributed by atoms with Gasteiger partial charge in [-0.15, -0.1) is 0 Å². The first-order chi connectivity index (χ1) is 6.56. The van der Waals surface area contributed by atoms with Gasteiger partial charge in [0, 0.05) is 6.42 Å². The number of sulfonamides is 1. The first-order valence-corrected chi connectivity index (χ1v) is 5.84.